The van der Waals surface area contributed by atoms with Crippen molar-refractivity contribution in [2.45, 2.75) is 49.8 Å². The third-order valence-corrected chi connectivity index (χ3v) is 5.81. The molecule has 1 heterocycles. The van der Waals surface area contributed by atoms with Crippen molar-refractivity contribution >= 4 is 17.7 Å². The first kappa shape index (κ1) is 14.9. The molecule has 0 spiro atoms. The summed E-state index contributed by atoms with van der Waals surface area (Å²) in [6.07, 6.45) is 4.07. The highest BCUT2D eigenvalue weighted by atomic mass is 32.2. The Labute approximate surface area is 131 Å². The van der Waals surface area contributed by atoms with E-state index in [-0.39, 0.29) is 0 Å². The third-order valence-electron chi connectivity index (χ3n) is 4.67. The van der Waals surface area contributed by atoms with Crippen LogP contribution in [0.4, 0.5) is 0 Å². The van der Waals surface area contributed by atoms with Gasteiger partial charge in [-0.15, -0.1) is 0 Å². The van der Waals surface area contributed by atoms with Crippen LogP contribution in [0.2, 0.25) is 0 Å². The van der Waals surface area contributed by atoms with Crippen molar-refractivity contribution in [1.82, 2.24) is 4.31 Å². The summed E-state index contributed by atoms with van der Waals surface area (Å²) in [5, 5.41) is 0. The number of benzene rings is 1. The number of methoxy groups -OCH3 is 1. The summed E-state index contributed by atoms with van der Waals surface area (Å²) in [4.78, 5) is 13.4. The first-order valence-electron chi connectivity index (χ1n) is 7.70. The number of nitrogens with zero attached hydrogens (tertiary/aromatic N) is 1. The molecule has 0 N–H and O–H groups in total. The van der Waals surface area contributed by atoms with Crippen LogP contribution in [0.15, 0.2) is 17.0 Å². The minimum absolute atomic E-state index is 0.331. The van der Waals surface area contributed by atoms with Gasteiger partial charge in [0.05, 0.1) is 12.0 Å². The van der Waals surface area contributed by atoms with Crippen LogP contribution in [0.25, 0.3) is 0 Å². The molecule has 3 nitrogen and oxygen atoms in total. The maximum Gasteiger partial charge on any atom is 0.143 e. The zero-order valence-corrected chi connectivity index (χ0v) is 13.9. The molecule has 1 aromatic rings. The molecule has 0 atom stereocenters. The van der Waals surface area contributed by atoms with E-state index in [9.17, 15) is 4.79 Å². The number of ketones is 1. The molecule has 1 aliphatic heterocycles. The molecule has 0 aromatic heterocycles. The lowest BCUT2D eigenvalue weighted by Gasteiger charge is -2.32. The van der Waals surface area contributed by atoms with Gasteiger partial charge in [0.25, 0.3) is 0 Å². The lowest BCUT2D eigenvalue weighted by atomic mass is 9.72. The van der Waals surface area contributed by atoms with E-state index >= 15 is 0 Å². The highest BCUT2D eigenvalue weighted by Gasteiger charge is 2.36. The smallest absolute Gasteiger partial charge is 0.143 e. The number of hydrogen-bond acceptors (Lipinski definition) is 4. The molecule has 3 rings (SSSR count). The van der Waals surface area contributed by atoms with Crippen LogP contribution in [-0.4, -0.2) is 30.3 Å². The molecular weight excluding hydrogens is 282 g/mol. The fraction of sp³-hybridized carbons (Fsp3) is 0.588. The van der Waals surface area contributed by atoms with E-state index in [1.165, 1.54) is 23.3 Å². The zero-order valence-electron chi connectivity index (χ0n) is 13.1. The Balaban J connectivity index is 1.97. The van der Waals surface area contributed by atoms with Gasteiger partial charge in [0.15, 0.2) is 0 Å². The average Bonchev–Trinajstić information content (AvgIpc) is 2.96. The van der Waals surface area contributed by atoms with Crippen LogP contribution in [0, 0.1) is 0 Å². The van der Waals surface area contributed by atoms with E-state index in [0.717, 1.165) is 30.8 Å². The van der Waals surface area contributed by atoms with Crippen molar-refractivity contribution in [3.05, 3.63) is 23.3 Å². The van der Waals surface area contributed by atoms with E-state index in [2.05, 4.69) is 16.4 Å². The summed E-state index contributed by atoms with van der Waals surface area (Å²) in [5.41, 5.74) is 2.06. The molecule has 0 unspecified atom stereocenters. The van der Waals surface area contributed by atoms with E-state index in [1.54, 1.807) is 19.1 Å². The highest BCUT2D eigenvalue weighted by molar-refractivity contribution is 7.97. The van der Waals surface area contributed by atoms with Gasteiger partial charge in [0.2, 0.25) is 0 Å². The summed E-state index contributed by atoms with van der Waals surface area (Å²) in [7, 11) is 1.72. The van der Waals surface area contributed by atoms with Crippen molar-refractivity contribution in [3.8, 4) is 5.75 Å². The van der Waals surface area contributed by atoms with Gasteiger partial charge >= 0.3 is 0 Å². The Morgan fingerprint density at radius 2 is 1.90 bits per heavy atom. The molecule has 1 aromatic carbocycles. The normalized spacial score (nSPS) is 21.4. The molecule has 1 saturated heterocycles. The molecule has 21 heavy (non-hydrogen) atoms. The second-order valence-electron chi connectivity index (χ2n) is 6.44. The number of fused-ring (bicyclic) bond motifs is 1. The molecule has 0 radical (unpaired) electrons. The lowest BCUT2D eigenvalue weighted by molar-refractivity contribution is -0.124. The lowest BCUT2D eigenvalue weighted by Crippen LogP contribution is -2.34. The number of aryl methyl sites for hydroxylation is 1. The first-order valence-corrected chi connectivity index (χ1v) is 8.47. The quantitative estimate of drug-likeness (QED) is 0.798. The molecule has 1 fully saturated rings. The summed E-state index contributed by atoms with van der Waals surface area (Å²) in [5.74, 6) is 1.23. The molecule has 0 amide bonds. The van der Waals surface area contributed by atoms with Crippen LogP contribution < -0.4 is 4.74 Å². The Morgan fingerprint density at radius 3 is 2.57 bits per heavy atom. The molecule has 4 heteroatoms. The summed E-state index contributed by atoms with van der Waals surface area (Å²) < 4.78 is 8.00. The fourth-order valence-electron chi connectivity index (χ4n) is 3.25. The van der Waals surface area contributed by atoms with Crippen molar-refractivity contribution in [1.29, 1.82) is 0 Å². The SMILES string of the molecule is COc1cc2c(cc1SN1CCCC1)CCC(=O)C2(C)C. The summed E-state index contributed by atoms with van der Waals surface area (Å²) in [6.45, 7) is 6.35. The van der Waals surface area contributed by atoms with E-state index < -0.39 is 5.41 Å². The van der Waals surface area contributed by atoms with Crippen LogP contribution >= 0.6 is 11.9 Å². The van der Waals surface area contributed by atoms with Gasteiger partial charge in [-0.25, -0.2) is 4.31 Å². The Morgan fingerprint density at radius 1 is 1.19 bits per heavy atom. The standard InChI is InChI=1S/C17H23NO2S/c1-17(2)13-11-14(20-3)15(21-18-8-4-5-9-18)10-12(13)6-7-16(17)19/h10-11H,4-9H2,1-3H3. The van der Waals surface area contributed by atoms with Crippen molar-refractivity contribution < 1.29 is 9.53 Å². The number of carbonyl (C=O) groups excluding carboxylic acids is 1. The molecule has 0 saturated carbocycles. The Hall–Kier alpha value is -1.00. The first-order chi connectivity index (χ1) is 10.0. The minimum Gasteiger partial charge on any atom is -0.496 e. The predicted molar refractivity (Wildman–Crippen MR) is 86.0 cm³/mol. The van der Waals surface area contributed by atoms with Crippen LogP contribution in [0.1, 0.15) is 44.2 Å². The van der Waals surface area contributed by atoms with Gasteiger partial charge < -0.3 is 4.74 Å². The fourth-order valence-corrected chi connectivity index (χ4v) is 4.40. The topological polar surface area (TPSA) is 29.5 Å². The van der Waals surface area contributed by atoms with Gasteiger partial charge in [-0.05, 0) is 68.3 Å². The van der Waals surface area contributed by atoms with Crippen LogP contribution in [0.5, 0.6) is 5.75 Å². The maximum atomic E-state index is 12.2. The van der Waals surface area contributed by atoms with E-state index in [1.807, 2.05) is 13.8 Å². The molecule has 0 bridgehead atoms. The second-order valence-corrected chi connectivity index (χ2v) is 7.57. The molecule has 114 valence electrons. The third kappa shape index (κ3) is 2.71. The zero-order chi connectivity index (χ0) is 15.0. The van der Waals surface area contributed by atoms with Gasteiger partial charge in [-0.2, -0.15) is 0 Å². The van der Waals surface area contributed by atoms with Crippen LogP contribution in [0.3, 0.4) is 0 Å². The predicted octanol–water partition coefficient (Wildman–Crippen LogP) is 3.59. The summed E-state index contributed by atoms with van der Waals surface area (Å²) >= 11 is 1.80. The molecule has 1 aliphatic carbocycles. The largest absolute Gasteiger partial charge is 0.496 e. The number of ether oxygens (including phenoxy) is 1. The van der Waals surface area contributed by atoms with Crippen molar-refractivity contribution in [2.75, 3.05) is 20.2 Å². The van der Waals surface area contributed by atoms with Gasteiger partial charge in [0, 0.05) is 24.9 Å². The Kier molecular flexibility index (Phi) is 4.02. The second kappa shape index (κ2) is 5.65. The monoisotopic (exact) mass is 305 g/mol. The van der Waals surface area contributed by atoms with E-state index in [0.29, 0.717) is 12.2 Å². The average molecular weight is 305 g/mol. The van der Waals surface area contributed by atoms with Gasteiger partial charge in [-0.1, -0.05) is 0 Å². The maximum absolute atomic E-state index is 12.2. The van der Waals surface area contributed by atoms with Gasteiger partial charge in [0.1, 0.15) is 11.5 Å². The molecule has 2 aliphatic rings. The number of hydrogen-bond donors (Lipinski definition) is 0. The van der Waals surface area contributed by atoms with Crippen molar-refractivity contribution in [2.24, 2.45) is 0 Å². The number of Topliss-reactive ketones (excluding diaryl/α,β-unsaturated/α-hetero) is 1. The van der Waals surface area contributed by atoms with Gasteiger partial charge in [-0.3, -0.25) is 4.79 Å². The highest BCUT2D eigenvalue weighted by Crippen LogP contribution is 2.42. The minimum atomic E-state index is -0.391. The van der Waals surface area contributed by atoms with Crippen molar-refractivity contribution in [3.63, 3.8) is 0 Å². The number of rotatable bonds is 3. The molecular formula is C17H23NO2S. The van der Waals surface area contributed by atoms with E-state index in [4.69, 9.17) is 4.74 Å². The summed E-state index contributed by atoms with van der Waals surface area (Å²) in [6, 6.07) is 4.33. The number of carbonyl (C=O) groups is 1. The Bertz CT molecular complexity index is 562. The van der Waals surface area contributed by atoms with Crippen LogP contribution in [-0.2, 0) is 16.6 Å².